The molecule has 13 unspecified atom stereocenters. The van der Waals surface area contributed by atoms with E-state index >= 15 is 0 Å². The maximum absolute atomic E-state index is 7.86. The van der Waals surface area contributed by atoms with Crippen molar-refractivity contribution in [3.05, 3.63) is 239 Å². The summed E-state index contributed by atoms with van der Waals surface area (Å²) in [5.41, 5.74) is 9.81. The molecule has 6 bridgehead atoms. The molecular formula is C117H130O8. The second-order valence-electron chi connectivity index (χ2n) is 39.2. The molecule has 2 aliphatic carbocycles. The van der Waals surface area contributed by atoms with E-state index in [0.717, 1.165) is 73.6 Å². The summed E-state index contributed by atoms with van der Waals surface area (Å²) < 4.78 is 60.8. The summed E-state index contributed by atoms with van der Waals surface area (Å²) in [5, 5.41) is 30.7. The van der Waals surface area contributed by atoms with Crippen LogP contribution in [-0.4, -0.2) is 49.8 Å². The van der Waals surface area contributed by atoms with Crippen LogP contribution in [0.15, 0.2) is 194 Å². The van der Waals surface area contributed by atoms with Crippen molar-refractivity contribution in [1.29, 1.82) is 0 Å². The van der Waals surface area contributed by atoms with Crippen molar-refractivity contribution in [3.63, 3.8) is 0 Å². The molecular weight excluding hydrogens is 1530 g/mol. The molecule has 2 saturated carbocycles. The zero-order chi connectivity index (χ0) is 84.0. The monoisotopic (exact) mass is 1660 g/mol. The third-order valence-corrected chi connectivity index (χ3v) is 30.3. The van der Waals surface area contributed by atoms with Gasteiger partial charge in [-0.2, -0.15) is 0 Å². The third kappa shape index (κ3) is 17.2. The average Bonchev–Trinajstić information content (AvgIpc) is 1.58. The van der Waals surface area contributed by atoms with Crippen LogP contribution in [0.2, 0.25) is 0 Å². The van der Waals surface area contributed by atoms with Crippen molar-refractivity contribution in [1.82, 2.24) is 0 Å². The Morgan fingerprint density at radius 3 is 0.880 bits per heavy atom. The molecule has 13 atom stereocenters. The Labute approximate surface area is 740 Å². The summed E-state index contributed by atoms with van der Waals surface area (Å²) in [6.07, 6.45) is 36.1. The van der Waals surface area contributed by atoms with Crippen molar-refractivity contribution in [2.45, 2.75) is 320 Å². The highest BCUT2D eigenvalue weighted by Gasteiger charge is 2.57. The minimum Gasteiger partial charge on any atom is -0.352 e. The number of benzene rings is 16. The molecule has 0 aromatic heterocycles. The highest BCUT2D eigenvalue weighted by molar-refractivity contribution is 6.27. The molecule has 125 heavy (non-hydrogen) atoms. The minimum absolute atomic E-state index is 0.00450. The predicted molar refractivity (Wildman–Crippen MR) is 520 cm³/mol. The van der Waals surface area contributed by atoms with Gasteiger partial charge in [-0.05, 0) is 295 Å². The van der Waals surface area contributed by atoms with Crippen LogP contribution in [-0.2, 0) is 63.6 Å². The van der Waals surface area contributed by atoms with Gasteiger partial charge in [-0.3, -0.25) is 0 Å². The molecule has 3 aliphatic heterocycles. The van der Waals surface area contributed by atoms with Crippen LogP contribution in [0.1, 0.15) is 296 Å². The first-order chi connectivity index (χ1) is 61.6. The summed E-state index contributed by atoms with van der Waals surface area (Å²) in [5.74, 6) is 0.545. The first-order valence-corrected chi connectivity index (χ1v) is 49.6. The van der Waals surface area contributed by atoms with Gasteiger partial charge < -0.3 is 37.9 Å². The third-order valence-electron chi connectivity index (χ3n) is 30.3. The molecule has 0 spiro atoms. The molecule has 16 aromatic carbocycles. The van der Waals surface area contributed by atoms with Crippen LogP contribution in [0.4, 0.5) is 0 Å². The number of hydrogen-bond donors (Lipinski definition) is 0. The van der Waals surface area contributed by atoms with Gasteiger partial charge in [-0.25, -0.2) is 0 Å². The molecule has 5 aliphatic rings. The van der Waals surface area contributed by atoms with Gasteiger partial charge in [-0.15, -0.1) is 0 Å². The first kappa shape index (κ1) is 83.3. The molecule has 0 amide bonds. The Morgan fingerprint density at radius 1 is 0.272 bits per heavy atom. The van der Waals surface area contributed by atoms with E-state index in [1.54, 1.807) is 0 Å². The Balaban J connectivity index is 0.645. The molecule has 3 saturated heterocycles. The molecule has 646 valence electrons. The maximum Gasteiger partial charge on any atom is 0.184 e. The smallest absolute Gasteiger partial charge is 0.184 e. The zero-order valence-electron chi connectivity index (χ0n) is 75.0. The van der Waals surface area contributed by atoms with Crippen LogP contribution in [0.3, 0.4) is 0 Å². The first-order valence-electron chi connectivity index (χ1n) is 49.6. The fourth-order valence-electron chi connectivity index (χ4n) is 23.8. The largest absolute Gasteiger partial charge is 0.352 e. The normalized spacial score (nSPS) is 23.0. The van der Waals surface area contributed by atoms with Crippen LogP contribution in [0.5, 0.6) is 0 Å². The van der Waals surface area contributed by atoms with E-state index in [9.17, 15) is 0 Å². The molecule has 3 heterocycles. The zero-order valence-corrected chi connectivity index (χ0v) is 75.0. The number of aryl methyl sites for hydroxylation is 4. The fourth-order valence-corrected chi connectivity index (χ4v) is 23.8. The van der Waals surface area contributed by atoms with Crippen molar-refractivity contribution >= 4 is 129 Å². The Bertz CT molecular complexity index is 6150. The topological polar surface area (TPSA) is 73.8 Å². The van der Waals surface area contributed by atoms with Gasteiger partial charge in [0.1, 0.15) is 0 Å². The summed E-state index contributed by atoms with van der Waals surface area (Å²) in [4.78, 5) is 0. The van der Waals surface area contributed by atoms with Crippen LogP contribution < -0.4 is 0 Å². The summed E-state index contributed by atoms with van der Waals surface area (Å²) >= 11 is 0. The summed E-state index contributed by atoms with van der Waals surface area (Å²) in [6, 6.07) is 76.2. The highest BCUT2D eigenvalue weighted by Crippen LogP contribution is 2.57. The molecule has 16 aromatic rings. The second kappa shape index (κ2) is 37.2. The lowest BCUT2D eigenvalue weighted by atomic mass is 9.90. The molecule has 8 nitrogen and oxygen atoms in total. The van der Waals surface area contributed by atoms with E-state index in [0.29, 0.717) is 19.3 Å². The SMILES string of the molecule is CCCCCCCCc1cc2ccc3cc(C(OC)OC4CCCC5CC6C(CC7CC(OC(c8cc9ccc%10cc(CCCCCCCC)cc%11ccc(c8)c9c%10%11)O7)C7CC4OC(c4cc8ccc9cc(CCCCCCCC)cc%10ccc(c4)c8c9%10)O7)C6OC(c4cc6ccc7cc(CCCCCCCC)cc8ccc(c4)c6c78)O5)cc4ccc(c1)c2c34. The van der Waals surface area contributed by atoms with Gasteiger partial charge in [0, 0.05) is 42.2 Å². The quantitative estimate of drug-likeness (QED) is 0.0221. The maximum atomic E-state index is 7.86. The van der Waals surface area contributed by atoms with Crippen LogP contribution in [0, 0.1) is 11.8 Å². The fraction of sp³-hybridized carbons (Fsp3) is 0.453. The Morgan fingerprint density at radius 2 is 0.544 bits per heavy atom. The van der Waals surface area contributed by atoms with Gasteiger partial charge >= 0.3 is 0 Å². The predicted octanol–water partition coefficient (Wildman–Crippen LogP) is 32.4. The standard InChI is InChI=1S/C117H130O8/c1-6-10-14-18-22-26-31-73-53-77-37-45-85-61-93(62-86-46-38-78(54-73)105(77)109(85)86)114(118-5)121-101-36-30-35-97-69-99-100(113(99)125-116(119-97)95-65-89-49-41-81-57-75(33-28-24-20-16-12-8-3)58-82-42-50-90(66-95)111(89)107(81)82)70-98-71-102(122-115(120-98)94-63-87-47-39-79-55-74(32-27-23-19-15-11-7-2)56-80-40-48-88(64-94)110(87)106(79)80)104-72-103(101)123-117(124-104)96-67-91-51-43-83-59-76(34-29-25-21-17-13-9-4)60-84-44-52-92(68-96)112(91)108(83)84/h37-68,97-104,113-117H,6-36,69-72H2,1-5H3. The molecule has 21 rings (SSSR count). The highest BCUT2D eigenvalue weighted by atomic mass is 16.7. The lowest BCUT2D eigenvalue weighted by molar-refractivity contribution is -0.328. The lowest BCUT2D eigenvalue weighted by Crippen LogP contribution is -2.49. The Hall–Kier alpha value is -8.64. The van der Waals surface area contributed by atoms with Gasteiger partial charge in [0.15, 0.2) is 25.2 Å². The number of methoxy groups -OCH3 is 1. The van der Waals surface area contributed by atoms with Gasteiger partial charge in [0.05, 0.1) is 42.7 Å². The Kier molecular flexibility index (Phi) is 24.8. The van der Waals surface area contributed by atoms with Crippen LogP contribution in [0.25, 0.3) is 129 Å². The van der Waals surface area contributed by atoms with Crippen molar-refractivity contribution in [3.8, 4) is 0 Å². The summed E-state index contributed by atoms with van der Waals surface area (Å²) in [6.45, 7) is 9.20. The number of fused-ring (bicyclic) bond motifs is 7. The van der Waals surface area contributed by atoms with Gasteiger partial charge in [-0.1, -0.05) is 302 Å². The second-order valence-corrected chi connectivity index (χ2v) is 39.2. The molecule has 5 fully saturated rings. The molecule has 0 N–H and O–H groups in total. The van der Waals surface area contributed by atoms with Crippen molar-refractivity contribution < 1.29 is 37.9 Å². The van der Waals surface area contributed by atoms with Gasteiger partial charge in [0.25, 0.3) is 0 Å². The summed E-state index contributed by atoms with van der Waals surface area (Å²) in [7, 11) is 1.82. The lowest BCUT2D eigenvalue weighted by Gasteiger charge is -2.45. The molecule has 8 heteroatoms. The van der Waals surface area contributed by atoms with E-state index in [2.05, 4.69) is 222 Å². The van der Waals surface area contributed by atoms with E-state index in [1.807, 2.05) is 7.11 Å². The minimum atomic E-state index is -0.757. The average molecular weight is 1660 g/mol. The van der Waals surface area contributed by atoms with Crippen LogP contribution >= 0.6 is 0 Å². The number of hydrogen-bond acceptors (Lipinski definition) is 8. The van der Waals surface area contributed by atoms with E-state index in [4.69, 9.17) is 37.9 Å². The van der Waals surface area contributed by atoms with Crippen molar-refractivity contribution in [2.24, 2.45) is 11.8 Å². The molecule has 0 radical (unpaired) electrons. The number of rotatable bonds is 35. The van der Waals surface area contributed by atoms with E-state index in [1.165, 1.54) is 306 Å². The number of ether oxygens (including phenoxy) is 8. The van der Waals surface area contributed by atoms with Gasteiger partial charge in [0.2, 0.25) is 0 Å². The van der Waals surface area contributed by atoms with Crippen molar-refractivity contribution in [2.75, 3.05) is 7.11 Å². The van der Waals surface area contributed by atoms with E-state index in [-0.39, 0.29) is 36.3 Å². The number of unbranched alkanes of at least 4 members (excludes halogenated alkanes) is 20. The van der Waals surface area contributed by atoms with E-state index < -0.39 is 43.5 Å².